The Bertz CT molecular complexity index is 1120. The monoisotopic (exact) mass is 476 g/mol. The number of esters is 1. The first-order valence-electron chi connectivity index (χ1n) is 8.89. The van der Waals surface area contributed by atoms with Gasteiger partial charge in [0, 0.05) is 5.02 Å². The number of halogens is 3. The van der Waals surface area contributed by atoms with Crippen LogP contribution in [0.25, 0.3) is 0 Å². The van der Waals surface area contributed by atoms with Crippen molar-refractivity contribution in [1.29, 1.82) is 0 Å². The summed E-state index contributed by atoms with van der Waals surface area (Å²) in [7, 11) is 0. The minimum absolute atomic E-state index is 0.268. The molecule has 9 heteroatoms. The van der Waals surface area contributed by atoms with Crippen LogP contribution in [0.1, 0.15) is 15.9 Å². The second-order valence-corrected chi connectivity index (χ2v) is 7.35. The van der Waals surface area contributed by atoms with Crippen LogP contribution in [0.15, 0.2) is 71.8 Å². The van der Waals surface area contributed by atoms with Gasteiger partial charge in [-0.2, -0.15) is 5.10 Å². The van der Waals surface area contributed by atoms with Crippen LogP contribution >= 0.6 is 34.8 Å². The van der Waals surface area contributed by atoms with Gasteiger partial charge in [0.15, 0.2) is 6.61 Å². The molecule has 0 saturated heterocycles. The number of hydrazone groups is 1. The van der Waals surface area contributed by atoms with Crippen molar-refractivity contribution in [2.45, 2.75) is 0 Å². The molecule has 0 radical (unpaired) electrons. The number of benzene rings is 3. The zero-order chi connectivity index (χ0) is 22.2. The van der Waals surface area contributed by atoms with Gasteiger partial charge in [-0.25, -0.2) is 10.2 Å². The number of rotatable bonds is 7. The quantitative estimate of drug-likeness (QED) is 0.214. The van der Waals surface area contributed by atoms with E-state index in [1.54, 1.807) is 60.7 Å². The van der Waals surface area contributed by atoms with E-state index in [1.165, 1.54) is 12.3 Å². The molecular formula is C22H15Cl3N2O4. The Kier molecular flexibility index (Phi) is 7.89. The number of carbonyl (C=O) groups excluding carboxylic acids is 2. The van der Waals surface area contributed by atoms with Crippen LogP contribution in [0.4, 0.5) is 0 Å². The van der Waals surface area contributed by atoms with Crippen molar-refractivity contribution in [3.63, 3.8) is 0 Å². The van der Waals surface area contributed by atoms with Gasteiger partial charge in [0.2, 0.25) is 0 Å². The number of nitrogens with zero attached hydrogens (tertiary/aromatic N) is 1. The maximum absolute atomic E-state index is 12.2. The number of hydrogen-bond donors (Lipinski definition) is 1. The standard InChI is InChI=1S/C22H15Cl3N2O4/c23-15-7-10-20(19(25)11-15)30-13-21(28)27-26-12-14-5-8-16(9-6-14)31-22(29)17-3-1-2-4-18(17)24/h1-12H,13H2,(H,27,28). The first-order valence-corrected chi connectivity index (χ1v) is 10.0. The average molecular weight is 478 g/mol. The highest BCUT2D eigenvalue weighted by Gasteiger charge is 2.12. The fourth-order valence-electron chi connectivity index (χ4n) is 2.36. The topological polar surface area (TPSA) is 77.0 Å². The third kappa shape index (κ3) is 6.72. The Hall–Kier alpha value is -3.06. The lowest BCUT2D eigenvalue weighted by Gasteiger charge is -2.07. The van der Waals surface area contributed by atoms with Crippen molar-refractivity contribution >= 4 is 52.9 Å². The smallest absolute Gasteiger partial charge is 0.345 e. The highest BCUT2D eigenvalue weighted by molar-refractivity contribution is 6.35. The fraction of sp³-hybridized carbons (Fsp3) is 0.0455. The SMILES string of the molecule is O=C(COc1ccc(Cl)cc1Cl)NN=Cc1ccc(OC(=O)c2ccccc2Cl)cc1. The minimum atomic E-state index is -0.555. The number of carbonyl (C=O) groups is 2. The third-order valence-electron chi connectivity index (χ3n) is 3.84. The van der Waals surface area contributed by atoms with Gasteiger partial charge in [0.1, 0.15) is 11.5 Å². The van der Waals surface area contributed by atoms with Crippen LogP contribution in [0, 0.1) is 0 Å². The fourth-order valence-corrected chi connectivity index (χ4v) is 3.03. The summed E-state index contributed by atoms with van der Waals surface area (Å²) in [5, 5.41) is 4.94. The molecule has 31 heavy (non-hydrogen) atoms. The highest BCUT2D eigenvalue weighted by atomic mass is 35.5. The van der Waals surface area contributed by atoms with Gasteiger partial charge >= 0.3 is 5.97 Å². The van der Waals surface area contributed by atoms with Gasteiger partial charge in [-0.15, -0.1) is 0 Å². The van der Waals surface area contributed by atoms with Crippen LogP contribution in [0.5, 0.6) is 11.5 Å². The maximum Gasteiger partial charge on any atom is 0.345 e. The van der Waals surface area contributed by atoms with E-state index in [4.69, 9.17) is 44.3 Å². The molecule has 158 valence electrons. The Morgan fingerprint density at radius 2 is 1.68 bits per heavy atom. The summed E-state index contributed by atoms with van der Waals surface area (Å²) in [5.74, 6) is -0.334. The van der Waals surface area contributed by atoms with Crippen LogP contribution in [-0.2, 0) is 4.79 Å². The van der Waals surface area contributed by atoms with Crippen molar-refractivity contribution in [3.05, 3.63) is 92.9 Å². The third-order valence-corrected chi connectivity index (χ3v) is 4.70. The Balaban J connectivity index is 1.48. The summed E-state index contributed by atoms with van der Waals surface area (Å²) < 4.78 is 10.6. The van der Waals surface area contributed by atoms with E-state index in [0.29, 0.717) is 32.1 Å². The summed E-state index contributed by atoms with van der Waals surface area (Å²) in [6, 6.07) is 17.9. The van der Waals surface area contributed by atoms with Crippen LogP contribution in [0.3, 0.4) is 0 Å². The summed E-state index contributed by atoms with van der Waals surface area (Å²) in [5.41, 5.74) is 3.30. The van der Waals surface area contributed by atoms with E-state index in [0.717, 1.165) is 0 Å². The molecule has 0 spiro atoms. The zero-order valence-electron chi connectivity index (χ0n) is 15.8. The molecular weight excluding hydrogens is 463 g/mol. The highest BCUT2D eigenvalue weighted by Crippen LogP contribution is 2.27. The van der Waals surface area contributed by atoms with Gasteiger partial charge in [-0.05, 0) is 60.2 Å². The minimum Gasteiger partial charge on any atom is -0.482 e. The molecule has 3 aromatic carbocycles. The predicted octanol–water partition coefficient (Wildman–Crippen LogP) is 5.40. The van der Waals surface area contributed by atoms with Crippen LogP contribution < -0.4 is 14.9 Å². The van der Waals surface area contributed by atoms with Crippen molar-refractivity contribution in [3.8, 4) is 11.5 Å². The van der Waals surface area contributed by atoms with Crippen molar-refractivity contribution < 1.29 is 19.1 Å². The summed E-state index contributed by atoms with van der Waals surface area (Å²) in [6.45, 7) is -0.268. The number of ether oxygens (including phenoxy) is 2. The Labute approximate surface area is 193 Å². The lowest BCUT2D eigenvalue weighted by Crippen LogP contribution is -2.24. The molecule has 0 aliphatic rings. The number of nitrogens with one attached hydrogen (secondary N) is 1. The van der Waals surface area contributed by atoms with E-state index in [9.17, 15) is 9.59 Å². The molecule has 0 heterocycles. The first kappa shape index (κ1) is 22.6. The molecule has 3 rings (SSSR count). The molecule has 0 atom stereocenters. The second-order valence-electron chi connectivity index (χ2n) is 6.09. The molecule has 0 aliphatic carbocycles. The van der Waals surface area contributed by atoms with E-state index >= 15 is 0 Å². The van der Waals surface area contributed by atoms with Gasteiger partial charge in [-0.1, -0.05) is 46.9 Å². The molecule has 1 amide bonds. The molecule has 0 unspecified atom stereocenters. The van der Waals surface area contributed by atoms with Crippen molar-refractivity contribution in [2.24, 2.45) is 5.10 Å². The molecule has 0 saturated carbocycles. The molecule has 0 aromatic heterocycles. The maximum atomic E-state index is 12.2. The molecule has 0 bridgehead atoms. The molecule has 6 nitrogen and oxygen atoms in total. The van der Waals surface area contributed by atoms with Gasteiger partial charge < -0.3 is 9.47 Å². The van der Waals surface area contributed by atoms with E-state index < -0.39 is 11.9 Å². The van der Waals surface area contributed by atoms with Gasteiger partial charge in [0.05, 0.1) is 21.8 Å². The summed E-state index contributed by atoms with van der Waals surface area (Å²) >= 11 is 17.8. The molecule has 3 aromatic rings. The normalized spacial score (nSPS) is 10.7. The molecule has 1 N–H and O–H groups in total. The largest absolute Gasteiger partial charge is 0.482 e. The van der Waals surface area contributed by atoms with Gasteiger partial charge in [0.25, 0.3) is 5.91 Å². The van der Waals surface area contributed by atoms with Crippen LogP contribution in [-0.4, -0.2) is 24.7 Å². The number of hydrogen-bond acceptors (Lipinski definition) is 5. The number of amides is 1. The van der Waals surface area contributed by atoms with Crippen molar-refractivity contribution in [2.75, 3.05) is 6.61 Å². The van der Waals surface area contributed by atoms with E-state index in [2.05, 4.69) is 10.5 Å². The van der Waals surface area contributed by atoms with E-state index in [-0.39, 0.29) is 12.2 Å². The first-order chi connectivity index (χ1) is 14.9. The van der Waals surface area contributed by atoms with Crippen LogP contribution in [0.2, 0.25) is 15.1 Å². The molecule has 0 aliphatic heterocycles. The second kappa shape index (κ2) is 10.8. The Morgan fingerprint density at radius 1 is 0.935 bits per heavy atom. The zero-order valence-corrected chi connectivity index (χ0v) is 18.1. The Morgan fingerprint density at radius 3 is 2.39 bits per heavy atom. The lowest BCUT2D eigenvalue weighted by molar-refractivity contribution is -0.123. The van der Waals surface area contributed by atoms with E-state index in [1.807, 2.05) is 0 Å². The predicted molar refractivity (Wildman–Crippen MR) is 121 cm³/mol. The summed E-state index contributed by atoms with van der Waals surface area (Å²) in [6.07, 6.45) is 1.44. The van der Waals surface area contributed by atoms with Crippen molar-refractivity contribution in [1.82, 2.24) is 5.43 Å². The van der Waals surface area contributed by atoms with Gasteiger partial charge in [-0.3, -0.25) is 4.79 Å². The lowest BCUT2D eigenvalue weighted by atomic mass is 10.2. The average Bonchev–Trinajstić information content (AvgIpc) is 2.74. The summed E-state index contributed by atoms with van der Waals surface area (Å²) in [4.78, 5) is 24.0. The molecule has 0 fully saturated rings.